The zero-order chi connectivity index (χ0) is 20.9. The van der Waals surface area contributed by atoms with Crippen LogP contribution in [0.25, 0.3) is 11.3 Å². The molecule has 138 valence electrons. The summed E-state index contributed by atoms with van der Waals surface area (Å²) < 4.78 is 0. The minimum atomic E-state index is -0.578. The summed E-state index contributed by atoms with van der Waals surface area (Å²) in [6, 6.07) is 8.27. The molecule has 0 spiro atoms. The van der Waals surface area contributed by atoms with E-state index in [4.69, 9.17) is 31.4 Å². The van der Waals surface area contributed by atoms with E-state index >= 15 is 0 Å². The van der Waals surface area contributed by atoms with Crippen LogP contribution in [-0.4, -0.2) is 60.4 Å². The maximum Gasteiger partial charge on any atom is 0.142 e. The van der Waals surface area contributed by atoms with Crippen molar-refractivity contribution in [1.29, 1.82) is 0 Å². The molecule has 0 unspecified atom stereocenters. The maximum absolute atomic E-state index is 6.79. The third-order valence-electron chi connectivity index (χ3n) is 6.03. The van der Waals surface area contributed by atoms with Gasteiger partial charge in [0.25, 0.3) is 0 Å². The fraction of sp³-hybridized carbons (Fsp3) is 0.500. The molecule has 1 fully saturated rings. The minimum Gasteiger partial charge on any atom is -0.265 e. The summed E-state index contributed by atoms with van der Waals surface area (Å²) in [4.78, 5) is 4.65. The van der Waals surface area contributed by atoms with Crippen LogP contribution in [0.15, 0.2) is 24.3 Å². The Balaban J connectivity index is 2.02. The Hall–Kier alpha value is -1.02. The molecule has 0 aliphatic carbocycles. The van der Waals surface area contributed by atoms with Gasteiger partial charge in [-0.05, 0) is 69.9 Å². The number of benzene rings is 1. The Bertz CT molecular complexity index is 875. The van der Waals surface area contributed by atoms with Crippen molar-refractivity contribution in [3.05, 3.63) is 35.4 Å². The lowest BCUT2D eigenvalue weighted by Crippen LogP contribution is -2.49. The summed E-state index contributed by atoms with van der Waals surface area (Å²) in [6.07, 6.45) is 6.45. The van der Waals surface area contributed by atoms with Gasteiger partial charge in [0.2, 0.25) is 0 Å². The Morgan fingerprint density at radius 1 is 0.929 bits per heavy atom. The first-order chi connectivity index (χ1) is 12.8. The van der Waals surface area contributed by atoms with Crippen molar-refractivity contribution in [3.8, 4) is 11.3 Å². The standard InChI is InChI=1S/C22H27B4NS/c1-21(2,3)15-8-6-14(7-9-15)19-18(24)17(23)16(20(25)27-19)22(26)10-12-28(4,5)13-11-22/h6-9H,10-13H2,1-5H3. The van der Waals surface area contributed by atoms with E-state index in [0.717, 1.165) is 35.5 Å². The van der Waals surface area contributed by atoms with Gasteiger partial charge in [0.15, 0.2) is 0 Å². The van der Waals surface area contributed by atoms with Crippen LogP contribution in [0.4, 0.5) is 0 Å². The van der Waals surface area contributed by atoms with Gasteiger partial charge >= 0.3 is 0 Å². The minimum absolute atomic E-state index is 0.0854. The van der Waals surface area contributed by atoms with E-state index in [1.807, 2.05) is 12.1 Å². The van der Waals surface area contributed by atoms with E-state index in [1.165, 1.54) is 5.56 Å². The van der Waals surface area contributed by atoms with Gasteiger partial charge in [0.05, 0.1) is 13.5 Å². The van der Waals surface area contributed by atoms with Gasteiger partial charge in [0.1, 0.15) is 23.5 Å². The highest BCUT2D eigenvalue weighted by Crippen LogP contribution is 2.50. The zero-order valence-corrected chi connectivity index (χ0v) is 18.6. The van der Waals surface area contributed by atoms with Gasteiger partial charge in [-0.3, -0.25) is 4.98 Å². The van der Waals surface area contributed by atoms with Crippen molar-refractivity contribution in [3.63, 3.8) is 0 Å². The molecule has 28 heavy (non-hydrogen) atoms. The van der Waals surface area contributed by atoms with Gasteiger partial charge in [-0.25, -0.2) is 10.0 Å². The lowest BCUT2D eigenvalue weighted by molar-refractivity contribution is 0.561. The molecule has 1 aliphatic rings. The first kappa shape index (κ1) is 21.7. The van der Waals surface area contributed by atoms with Crippen molar-refractivity contribution in [2.75, 3.05) is 24.0 Å². The van der Waals surface area contributed by atoms with Crippen LogP contribution in [0.3, 0.4) is 0 Å². The molecule has 8 radical (unpaired) electrons. The van der Waals surface area contributed by atoms with E-state index in [9.17, 15) is 0 Å². The van der Waals surface area contributed by atoms with E-state index in [0.29, 0.717) is 22.2 Å². The SMILES string of the molecule is [B]c1nc(-c2ccc(C(C)(C)C)cc2)c([B])c([B])c1C1([B])CCS(C)(C)CC1. The molecule has 1 aromatic heterocycles. The molecule has 0 saturated carbocycles. The Labute approximate surface area is 177 Å². The van der Waals surface area contributed by atoms with Crippen LogP contribution in [0, 0.1) is 0 Å². The normalized spacial score (nSPS) is 19.9. The molecule has 0 bridgehead atoms. The quantitative estimate of drug-likeness (QED) is 0.722. The number of rotatable bonds is 2. The Morgan fingerprint density at radius 3 is 1.96 bits per heavy atom. The molecule has 1 aromatic carbocycles. The third-order valence-corrected chi connectivity index (χ3v) is 8.65. The van der Waals surface area contributed by atoms with Crippen molar-refractivity contribution >= 4 is 57.9 Å². The number of aromatic nitrogens is 1. The number of nitrogens with zero attached hydrogens (tertiary/aromatic N) is 1. The first-order valence-corrected chi connectivity index (χ1v) is 12.6. The van der Waals surface area contributed by atoms with Gasteiger partial charge in [-0.15, -0.1) is 0 Å². The molecule has 1 aliphatic heterocycles. The lowest BCUT2D eigenvalue weighted by atomic mass is 9.54. The molecule has 2 aromatic rings. The second-order valence-electron chi connectivity index (χ2n) is 9.71. The van der Waals surface area contributed by atoms with Crippen LogP contribution in [0.2, 0.25) is 0 Å². The smallest absolute Gasteiger partial charge is 0.142 e. The molecule has 1 saturated heterocycles. The average Bonchev–Trinajstić information content (AvgIpc) is 2.60. The highest BCUT2D eigenvalue weighted by atomic mass is 32.3. The molecule has 0 atom stereocenters. The first-order valence-electron chi connectivity index (χ1n) is 9.77. The largest absolute Gasteiger partial charge is 0.265 e. The highest BCUT2D eigenvalue weighted by molar-refractivity contribution is 8.32. The third kappa shape index (κ3) is 4.13. The molecule has 0 amide bonds. The number of pyridine rings is 1. The number of hydrogen-bond acceptors (Lipinski definition) is 1. The van der Waals surface area contributed by atoms with Gasteiger partial charge in [0, 0.05) is 0 Å². The monoisotopic (exact) mass is 381 g/mol. The van der Waals surface area contributed by atoms with Crippen molar-refractivity contribution in [1.82, 2.24) is 4.98 Å². The molecular formula is C22H27B4NS. The Morgan fingerprint density at radius 2 is 1.46 bits per heavy atom. The maximum atomic E-state index is 6.79. The van der Waals surface area contributed by atoms with Crippen LogP contribution in [-0.2, 0) is 10.7 Å². The molecule has 3 rings (SSSR count). The van der Waals surface area contributed by atoms with Crippen LogP contribution >= 0.6 is 10.0 Å². The molecular weight excluding hydrogens is 354 g/mol. The molecule has 1 nitrogen and oxygen atoms in total. The fourth-order valence-corrected chi connectivity index (χ4v) is 5.94. The second kappa shape index (κ2) is 7.34. The highest BCUT2D eigenvalue weighted by Gasteiger charge is 2.36. The average molecular weight is 381 g/mol. The lowest BCUT2D eigenvalue weighted by Gasteiger charge is -2.47. The number of hydrogen-bond donors (Lipinski definition) is 0. The van der Waals surface area contributed by atoms with Gasteiger partial charge in [-0.1, -0.05) is 56.0 Å². The van der Waals surface area contributed by atoms with Crippen LogP contribution < -0.4 is 16.5 Å². The van der Waals surface area contributed by atoms with Crippen molar-refractivity contribution < 1.29 is 0 Å². The van der Waals surface area contributed by atoms with Gasteiger partial charge < -0.3 is 0 Å². The predicted octanol–water partition coefficient (Wildman–Crippen LogP) is 1.65. The van der Waals surface area contributed by atoms with E-state index in [1.54, 1.807) is 0 Å². The summed E-state index contributed by atoms with van der Waals surface area (Å²) in [5.74, 6) is 2.22. The van der Waals surface area contributed by atoms with E-state index < -0.39 is 15.3 Å². The summed E-state index contributed by atoms with van der Waals surface area (Å²) in [7, 11) is 25.5. The predicted molar refractivity (Wildman–Crippen MR) is 130 cm³/mol. The van der Waals surface area contributed by atoms with Crippen LogP contribution in [0.1, 0.15) is 44.7 Å². The second-order valence-corrected chi connectivity index (χ2v) is 14.1. The zero-order valence-electron chi connectivity index (χ0n) is 17.8. The Kier molecular flexibility index (Phi) is 5.69. The summed E-state index contributed by atoms with van der Waals surface area (Å²) in [5, 5.41) is -0.549. The van der Waals surface area contributed by atoms with Crippen molar-refractivity contribution in [2.24, 2.45) is 0 Å². The van der Waals surface area contributed by atoms with E-state index in [2.05, 4.69) is 50.4 Å². The molecule has 0 N–H and O–H groups in total. The topological polar surface area (TPSA) is 12.9 Å². The summed E-state index contributed by atoms with van der Waals surface area (Å²) in [5.41, 5.74) is 4.96. The van der Waals surface area contributed by atoms with E-state index in [-0.39, 0.29) is 5.41 Å². The summed E-state index contributed by atoms with van der Waals surface area (Å²) in [6.45, 7) is 6.56. The molecule has 6 heteroatoms. The van der Waals surface area contributed by atoms with Gasteiger partial charge in [-0.2, -0.15) is 0 Å². The summed E-state index contributed by atoms with van der Waals surface area (Å²) >= 11 is 0. The molecule has 2 heterocycles. The fourth-order valence-electron chi connectivity index (χ4n) is 3.90. The van der Waals surface area contributed by atoms with Crippen molar-refractivity contribution in [2.45, 2.75) is 44.3 Å². The van der Waals surface area contributed by atoms with Crippen LogP contribution in [0.5, 0.6) is 0 Å².